The van der Waals surface area contributed by atoms with Crippen molar-refractivity contribution in [3.63, 3.8) is 0 Å². The van der Waals surface area contributed by atoms with Gasteiger partial charge in [-0.3, -0.25) is 0 Å². The van der Waals surface area contributed by atoms with Crippen LogP contribution >= 0.6 is 0 Å². The van der Waals surface area contributed by atoms with E-state index in [0.717, 1.165) is 24.4 Å². The molecule has 0 saturated carbocycles. The Morgan fingerprint density at radius 3 is 2.65 bits per heavy atom. The number of imidazole rings is 1. The van der Waals surface area contributed by atoms with Gasteiger partial charge in [0, 0.05) is 39.0 Å². The number of aromatic nitrogens is 2. The average molecular weight is 281 g/mol. The molecule has 1 aromatic heterocycles. The Hall–Kier alpha value is -1.95. The number of nitrogens with one attached hydrogen (secondary N) is 1. The SMILES string of the molecule is Cn1ccnc1CCNCc1ccc(OC(F)F)cc1. The molecule has 0 fully saturated rings. The summed E-state index contributed by atoms with van der Waals surface area (Å²) in [6.45, 7) is -1.30. The Kier molecular flexibility index (Phi) is 5.06. The first-order valence-corrected chi connectivity index (χ1v) is 6.36. The van der Waals surface area contributed by atoms with Crippen LogP contribution in [0.25, 0.3) is 0 Å². The van der Waals surface area contributed by atoms with Crippen LogP contribution in [0.3, 0.4) is 0 Å². The van der Waals surface area contributed by atoms with Crippen molar-refractivity contribution in [2.75, 3.05) is 6.54 Å². The summed E-state index contributed by atoms with van der Waals surface area (Å²) in [6, 6.07) is 6.63. The van der Waals surface area contributed by atoms with Crippen molar-refractivity contribution in [1.82, 2.24) is 14.9 Å². The van der Waals surface area contributed by atoms with Crippen molar-refractivity contribution in [1.29, 1.82) is 0 Å². The lowest BCUT2D eigenvalue weighted by Gasteiger charge is -2.07. The Bertz CT molecular complexity index is 525. The van der Waals surface area contributed by atoms with E-state index in [0.29, 0.717) is 6.54 Å². The van der Waals surface area contributed by atoms with Gasteiger partial charge in [-0.25, -0.2) is 4.98 Å². The predicted molar refractivity (Wildman–Crippen MR) is 71.7 cm³/mol. The summed E-state index contributed by atoms with van der Waals surface area (Å²) in [7, 11) is 1.96. The fourth-order valence-corrected chi connectivity index (χ4v) is 1.86. The van der Waals surface area contributed by atoms with Crippen molar-refractivity contribution in [3.8, 4) is 5.75 Å². The molecule has 6 heteroatoms. The van der Waals surface area contributed by atoms with Gasteiger partial charge >= 0.3 is 6.61 Å². The van der Waals surface area contributed by atoms with Crippen LogP contribution in [0.4, 0.5) is 8.78 Å². The van der Waals surface area contributed by atoms with E-state index in [1.807, 2.05) is 17.8 Å². The van der Waals surface area contributed by atoms with Gasteiger partial charge in [-0.15, -0.1) is 0 Å². The smallest absolute Gasteiger partial charge is 0.387 e. The summed E-state index contributed by atoms with van der Waals surface area (Å²) >= 11 is 0. The number of hydrogen-bond donors (Lipinski definition) is 1. The third-order valence-corrected chi connectivity index (χ3v) is 2.92. The fraction of sp³-hybridized carbons (Fsp3) is 0.357. The molecule has 0 aliphatic carbocycles. The molecular weight excluding hydrogens is 264 g/mol. The molecule has 0 unspecified atom stereocenters. The van der Waals surface area contributed by atoms with Crippen LogP contribution in [0.5, 0.6) is 5.75 Å². The van der Waals surface area contributed by atoms with Crippen LogP contribution in [-0.2, 0) is 20.0 Å². The van der Waals surface area contributed by atoms with E-state index in [1.165, 1.54) is 0 Å². The van der Waals surface area contributed by atoms with Gasteiger partial charge in [-0.05, 0) is 17.7 Å². The summed E-state index contributed by atoms with van der Waals surface area (Å²) < 4.78 is 30.3. The van der Waals surface area contributed by atoms with Gasteiger partial charge in [-0.2, -0.15) is 8.78 Å². The molecule has 0 amide bonds. The molecule has 20 heavy (non-hydrogen) atoms. The molecule has 0 bridgehead atoms. The van der Waals surface area contributed by atoms with Gasteiger partial charge in [0.15, 0.2) is 0 Å². The number of ether oxygens (including phenoxy) is 1. The molecule has 0 aliphatic heterocycles. The molecule has 0 aliphatic rings. The minimum atomic E-state index is -2.78. The number of rotatable bonds is 7. The molecule has 4 nitrogen and oxygen atoms in total. The maximum atomic E-state index is 12.0. The van der Waals surface area contributed by atoms with Gasteiger partial charge in [0.1, 0.15) is 11.6 Å². The number of hydrogen-bond acceptors (Lipinski definition) is 3. The van der Waals surface area contributed by atoms with Gasteiger partial charge in [0.05, 0.1) is 0 Å². The zero-order chi connectivity index (χ0) is 14.4. The molecule has 2 rings (SSSR count). The first-order chi connectivity index (χ1) is 9.65. The molecule has 108 valence electrons. The number of halogens is 2. The zero-order valence-electron chi connectivity index (χ0n) is 11.2. The van der Waals surface area contributed by atoms with Crippen molar-refractivity contribution in [2.45, 2.75) is 19.6 Å². The van der Waals surface area contributed by atoms with Crippen LogP contribution in [0.2, 0.25) is 0 Å². The quantitative estimate of drug-likeness (QED) is 0.792. The largest absolute Gasteiger partial charge is 0.435 e. The molecule has 0 atom stereocenters. The normalized spacial score (nSPS) is 11.0. The summed E-state index contributed by atoms with van der Waals surface area (Å²) in [4.78, 5) is 4.23. The second-order valence-corrected chi connectivity index (χ2v) is 4.40. The maximum Gasteiger partial charge on any atom is 0.387 e. The summed E-state index contributed by atoms with van der Waals surface area (Å²) in [5, 5.41) is 3.29. The number of aryl methyl sites for hydroxylation is 1. The molecule has 0 saturated heterocycles. The van der Waals surface area contributed by atoms with Crippen LogP contribution in [-0.4, -0.2) is 22.7 Å². The highest BCUT2D eigenvalue weighted by Crippen LogP contribution is 2.14. The lowest BCUT2D eigenvalue weighted by Crippen LogP contribution is -2.18. The summed E-state index contributed by atoms with van der Waals surface area (Å²) in [6.07, 6.45) is 4.53. The number of benzene rings is 1. The van der Waals surface area contributed by atoms with E-state index in [1.54, 1.807) is 30.5 Å². The van der Waals surface area contributed by atoms with Crippen LogP contribution < -0.4 is 10.1 Å². The van der Waals surface area contributed by atoms with Gasteiger partial charge in [0.25, 0.3) is 0 Å². The minimum Gasteiger partial charge on any atom is -0.435 e. The van der Waals surface area contributed by atoms with Crippen LogP contribution in [0.1, 0.15) is 11.4 Å². The molecular formula is C14H17F2N3O. The van der Waals surface area contributed by atoms with E-state index >= 15 is 0 Å². The highest BCUT2D eigenvalue weighted by Gasteiger charge is 2.03. The Morgan fingerprint density at radius 2 is 2.05 bits per heavy atom. The molecule has 0 radical (unpaired) electrons. The van der Waals surface area contributed by atoms with E-state index in [9.17, 15) is 8.78 Å². The summed E-state index contributed by atoms with van der Waals surface area (Å²) in [5.74, 6) is 1.20. The lowest BCUT2D eigenvalue weighted by atomic mass is 10.2. The Labute approximate surface area is 116 Å². The summed E-state index contributed by atoms with van der Waals surface area (Å²) in [5.41, 5.74) is 1.02. The van der Waals surface area contributed by atoms with Crippen molar-refractivity contribution >= 4 is 0 Å². The standard InChI is InChI=1S/C14H17F2N3O/c1-19-9-8-18-13(19)6-7-17-10-11-2-4-12(5-3-11)20-14(15)16/h2-5,8-9,14,17H,6-7,10H2,1H3. The Balaban J connectivity index is 1.73. The molecule has 1 aromatic carbocycles. The zero-order valence-corrected chi connectivity index (χ0v) is 11.2. The Morgan fingerprint density at radius 1 is 1.30 bits per heavy atom. The van der Waals surface area contributed by atoms with Gasteiger partial charge in [-0.1, -0.05) is 12.1 Å². The second kappa shape index (κ2) is 7.00. The van der Waals surface area contributed by atoms with E-state index in [4.69, 9.17) is 0 Å². The van der Waals surface area contributed by atoms with Crippen LogP contribution in [0.15, 0.2) is 36.7 Å². The first kappa shape index (κ1) is 14.5. The molecule has 2 aromatic rings. The van der Waals surface area contributed by atoms with Crippen molar-refractivity contribution < 1.29 is 13.5 Å². The van der Waals surface area contributed by atoms with E-state index in [2.05, 4.69) is 15.0 Å². The minimum absolute atomic E-state index is 0.178. The van der Waals surface area contributed by atoms with Gasteiger partial charge in [0.2, 0.25) is 0 Å². The highest BCUT2D eigenvalue weighted by atomic mass is 19.3. The fourth-order valence-electron chi connectivity index (χ4n) is 1.86. The second-order valence-electron chi connectivity index (χ2n) is 4.40. The molecule has 1 N–H and O–H groups in total. The third kappa shape index (κ3) is 4.31. The topological polar surface area (TPSA) is 39.1 Å². The predicted octanol–water partition coefficient (Wildman–Crippen LogP) is 2.35. The number of alkyl halides is 2. The van der Waals surface area contributed by atoms with Crippen LogP contribution in [0, 0.1) is 0 Å². The highest BCUT2D eigenvalue weighted by molar-refractivity contribution is 5.27. The molecule has 1 heterocycles. The monoisotopic (exact) mass is 281 g/mol. The van der Waals surface area contributed by atoms with Crippen molar-refractivity contribution in [2.24, 2.45) is 7.05 Å². The van der Waals surface area contributed by atoms with Crippen molar-refractivity contribution in [3.05, 3.63) is 48.0 Å². The average Bonchev–Trinajstić information content (AvgIpc) is 2.82. The molecule has 0 spiro atoms. The lowest BCUT2D eigenvalue weighted by molar-refractivity contribution is -0.0498. The van der Waals surface area contributed by atoms with Gasteiger partial charge < -0.3 is 14.6 Å². The van der Waals surface area contributed by atoms with E-state index < -0.39 is 6.61 Å². The first-order valence-electron chi connectivity index (χ1n) is 6.36. The number of nitrogens with zero attached hydrogens (tertiary/aromatic N) is 2. The third-order valence-electron chi connectivity index (χ3n) is 2.92. The van der Waals surface area contributed by atoms with E-state index in [-0.39, 0.29) is 5.75 Å². The maximum absolute atomic E-state index is 12.0.